The molecule has 0 bridgehead atoms. The monoisotopic (exact) mass is 276 g/mol. The van der Waals surface area contributed by atoms with Crippen LogP contribution in [0.5, 0.6) is 0 Å². The van der Waals surface area contributed by atoms with Gasteiger partial charge in [-0.3, -0.25) is 0 Å². The first-order valence-electron chi connectivity index (χ1n) is 6.33. The minimum atomic E-state index is -0.700. The highest BCUT2D eigenvalue weighted by atomic mass is 16.5. The molecule has 106 valence electrons. The van der Waals surface area contributed by atoms with E-state index in [2.05, 4.69) is 16.5 Å². The lowest BCUT2D eigenvalue weighted by Crippen LogP contribution is -2.24. The van der Waals surface area contributed by atoms with Crippen LogP contribution in [0.3, 0.4) is 0 Å². The maximum absolute atomic E-state index is 9.84. The molecule has 1 aliphatic rings. The van der Waals surface area contributed by atoms with Gasteiger partial charge in [-0.2, -0.15) is 0 Å². The Hall–Kier alpha value is -1.96. The molecule has 7 heteroatoms. The molecule has 0 unspecified atom stereocenters. The van der Waals surface area contributed by atoms with Gasteiger partial charge in [0, 0.05) is 18.2 Å². The van der Waals surface area contributed by atoms with Gasteiger partial charge in [-0.1, -0.05) is 12.7 Å². The van der Waals surface area contributed by atoms with Crippen molar-refractivity contribution < 1.29 is 14.9 Å². The number of ether oxygens (including phenoxy) is 1. The van der Waals surface area contributed by atoms with E-state index in [4.69, 9.17) is 15.6 Å². The van der Waals surface area contributed by atoms with Gasteiger partial charge in [0.1, 0.15) is 30.1 Å². The summed E-state index contributed by atoms with van der Waals surface area (Å²) in [7, 11) is 0. The van der Waals surface area contributed by atoms with Crippen molar-refractivity contribution in [3.05, 3.63) is 24.7 Å². The predicted octanol–water partition coefficient (Wildman–Crippen LogP) is 0.297. The molecule has 0 radical (unpaired) electrons. The van der Waals surface area contributed by atoms with Crippen LogP contribution in [0.1, 0.15) is 18.2 Å². The number of aliphatic hydroxyl groups is 2. The van der Waals surface area contributed by atoms with E-state index in [1.165, 1.54) is 6.33 Å². The molecule has 0 aromatic carbocycles. The van der Waals surface area contributed by atoms with Gasteiger partial charge < -0.3 is 25.3 Å². The molecule has 0 amide bonds. The van der Waals surface area contributed by atoms with Crippen LogP contribution in [0, 0.1) is 0 Å². The van der Waals surface area contributed by atoms with Gasteiger partial charge in [0.25, 0.3) is 0 Å². The van der Waals surface area contributed by atoms with Crippen LogP contribution in [-0.4, -0.2) is 43.6 Å². The molecular formula is C13H16N4O3. The zero-order chi connectivity index (χ0) is 14.3. The van der Waals surface area contributed by atoms with Gasteiger partial charge in [-0.25, -0.2) is 9.97 Å². The van der Waals surface area contributed by atoms with Gasteiger partial charge >= 0.3 is 0 Å². The van der Waals surface area contributed by atoms with Crippen LogP contribution in [0.25, 0.3) is 17.1 Å². The second-order valence-corrected chi connectivity index (χ2v) is 4.77. The van der Waals surface area contributed by atoms with Gasteiger partial charge in [0.15, 0.2) is 0 Å². The third-order valence-corrected chi connectivity index (χ3v) is 3.58. The zero-order valence-corrected chi connectivity index (χ0v) is 10.8. The number of aliphatic hydroxyl groups excluding tert-OH is 2. The minimum Gasteiger partial charge on any atom is -0.394 e. The molecule has 4 N–H and O–H groups in total. The van der Waals surface area contributed by atoms with Crippen molar-refractivity contribution in [3.8, 4) is 0 Å². The summed E-state index contributed by atoms with van der Waals surface area (Å²) in [4.78, 5) is 8.21. The highest BCUT2D eigenvalue weighted by molar-refractivity contribution is 5.94. The predicted molar refractivity (Wildman–Crippen MR) is 73.7 cm³/mol. The number of aromatic nitrogens is 3. The average molecular weight is 276 g/mol. The molecule has 0 aliphatic carbocycles. The Morgan fingerprint density at radius 3 is 3.00 bits per heavy atom. The molecule has 1 saturated heterocycles. The molecule has 7 nitrogen and oxygen atoms in total. The first-order chi connectivity index (χ1) is 9.65. The van der Waals surface area contributed by atoms with E-state index in [0.717, 1.165) is 5.56 Å². The summed E-state index contributed by atoms with van der Waals surface area (Å²) in [5.74, 6) is 0.376. The fourth-order valence-electron chi connectivity index (χ4n) is 2.56. The number of nitrogen functional groups attached to an aromatic ring is 1. The largest absolute Gasteiger partial charge is 0.394 e. The van der Waals surface area contributed by atoms with E-state index >= 15 is 0 Å². The summed E-state index contributed by atoms with van der Waals surface area (Å²) >= 11 is 0. The smallest absolute Gasteiger partial charge is 0.148 e. The lowest BCUT2D eigenvalue weighted by molar-refractivity contribution is -0.0430. The molecule has 2 aromatic heterocycles. The number of hydrogen-bond acceptors (Lipinski definition) is 6. The van der Waals surface area contributed by atoms with Gasteiger partial charge in [-0.05, 0) is 0 Å². The van der Waals surface area contributed by atoms with Crippen molar-refractivity contribution in [1.29, 1.82) is 0 Å². The summed E-state index contributed by atoms with van der Waals surface area (Å²) in [6.45, 7) is 3.53. The standard InChI is InChI=1S/C13H16N4O3/c1-2-7-4-17(10-3-8(19)9(5-18)20-10)13-11(7)12(14)15-6-16-13/h2,4,6,8-10,18-19H,1,3,5H2,(H2,14,15,16)/t8-,9+,10+/m0/s1. The highest BCUT2D eigenvalue weighted by Crippen LogP contribution is 2.34. The molecule has 20 heavy (non-hydrogen) atoms. The molecule has 3 heterocycles. The molecule has 2 aromatic rings. The Morgan fingerprint density at radius 2 is 2.35 bits per heavy atom. The van der Waals surface area contributed by atoms with Gasteiger partial charge in [-0.15, -0.1) is 0 Å². The second-order valence-electron chi connectivity index (χ2n) is 4.77. The lowest BCUT2D eigenvalue weighted by Gasteiger charge is -2.14. The minimum absolute atomic E-state index is 0.220. The van der Waals surface area contributed by atoms with Crippen molar-refractivity contribution >= 4 is 22.9 Å². The van der Waals surface area contributed by atoms with Crippen LogP contribution >= 0.6 is 0 Å². The molecular weight excluding hydrogens is 260 g/mol. The Bertz CT molecular complexity index is 654. The quantitative estimate of drug-likeness (QED) is 0.744. The SMILES string of the molecule is C=Cc1cn([C@H]2C[C@H](O)[C@@H](CO)O2)c2ncnc(N)c12. The summed E-state index contributed by atoms with van der Waals surface area (Å²) in [6.07, 6.45) is 3.59. The number of nitrogens with zero attached hydrogens (tertiary/aromatic N) is 3. The molecule has 1 fully saturated rings. The highest BCUT2D eigenvalue weighted by Gasteiger charge is 2.35. The summed E-state index contributed by atoms with van der Waals surface area (Å²) < 4.78 is 7.44. The van der Waals surface area contributed by atoms with Gasteiger partial charge in [0.2, 0.25) is 0 Å². The third-order valence-electron chi connectivity index (χ3n) is 3.58. The Balaban J connectivity index is 2.09. The van der Waals surface area contributed by atoms with E-state index in [-0.39, 0.29) is 6.61 Å². The number of nitrogens with two attached hydrogens (primary N) is 1. The molecule has 3 rings (SSSR count). The summed E-state index contributed by atoms with van der Waals surface area (Å²) in [5, 5.41) is 19.7. The van der Waals surface area contributed by atoms with Crippen LogP contribution in [0.2, 0.25) is 0 Å². The van der Waals surface area contributed by atoms with E-state index < -0.39 is 18.4 Å². The van der Waals surface area contributed by atoms with Gasteiger partial charge in [0.05, 0.1) is 18.1 Å². The van der Waals surface area contributed by atoms with E-state index in [1.807, 2.05) is 6.20 Å². The maximum Gasteiger partial charge on any atom is 0.148 e. The summed E-state index contributed by atoms with van der Waals surface area (Å²) in [6, 6.07) is 0. The average Bonchev–Trinajstić information content (AvgIpc) is 3.00. The van der Waals surface area contributed by atoms with Crippen LogP contribution < -0.4 is 5.73 Å². The van der Waals surface area contributed by atoms with E-state index in [1.54, 1.807) is 10.6 Å². The first kappa shape index (κ1) is 13.0. The van der Waals surface area contributed by atoms with E-state index in [9.17, 15) is 5.11 Å². The number of hydrogen-bond donors (Lipinski definition) is 3. The topological polar surface area (TPSA) is 106 Å². The van der Waals surface area contributed by atoms with Crippen LogP contribution in [0.15, 0.2) is 19.1 Å². The van der Waals surface area contributed by atoms with Crippen molar-refractivity contribution in [2.24, 2.45) is 0 Å². The number of fused-ring (bicyclic) bond motifs is 1. The van der Waals surface area contributed by atoms with Crippen LogP contribution in [-0.2, 0) is 4.74 Å². The Morgan fingerprint density at radius 1 is 1.55 bits per heavy atom. The first-order valence-corrected chi connectivity index (χ1v) is 6.33. The molecule has 1 aliphatic heterocycles. The Labute approximate surface area is 115 Å². The lowest BCUT2D eigenvalue weighted by atomic mass is 10.2. The summed E-state index contributed by atoms with van der Waals surface area (Å²) in [5.41, 5.74) is 7.32. The maximum atomic E-state index is 9.84. The van der Waals surface area contributed by atoms with Crippen LogP contribution in [0.4, 0.5) is 5.82 Å². The molecule has 0 saturated carbocycles. The molecule has 0 spiro atoms. The van der Waals surface area contributed by atoms with Crippen molar-refractivity contribution in [2.45, 2.75) is 24.9 Å². The second kappa shape index (κ2) is 4.86. The normalized spacial score (nSPS) is 26.2. The van der Waals surface area contributed by atoms with Crippen molar-refractivity contribution in [3.63, 3.8) is 0 Å². The number of anilines is 1. The fourth-order valence-corrected chi connectivity index (χ4v) is 2.56. The Kier molecular flexibility index (Phi) is 3.17. The van der Waals surface area contributed by atoms with Crippen molar-refractivity contribution in [1.82, 2.24) is 14.5 Å². The van der Waals surface area contributed by atoms with Crippen molar-refractivity contribution in [2.75, 3.05) is 12.3 Å². The fraction of sp³-hybridized carbons (Fsp3) is 0.385. The third kappa shape index (κ3) is 1.87. The number of rotatable bonds is 3. The van der Waals surface area contributed by atoms with E-state index in [0.29, 0.717) is 23.3 Å². The molecule has 3 atom stereocenters. The zero-order valence-electron chi connectivity index (χ0n) is 10.8.